The topological polar surface area (TPSA) is 84.3 Å². The average Bonchev–Trinajstić information content (AvgIpc) is 3.20. The molecule has 0 aliphatic heterocycles. The minimum atomic E-state index is -3.69. The van der Waals surface area contributed by atoms with Crippen LogP contribution in [0.15, 0.2) is 64.8 Å². The molecule has 0 saturated carbocycles. The van der Waals surface area contributed by atoms with Crippen LogP contribution < -0.4 is 5.32 Å². The first-order valence-electron chi connectivity index (χ1n) is 9.61. The quantitative estimate of drug-likeness (QED) is 0.481. The van der Waals surface area contributed by atoms with Crippen molar-refractivity contribution in [3.63, 3.8) is 0 Å². The fourth-order valence-electron chi connectivity index (χ4n) is 3.13. The molecule has 1 amide bonds. The van der Waals surface area contributed by atoms with E-state index >= 15 is 0 Å². The number of nitrogens with one attached hydrogen (secondary N) is 1. The summed E-state index contributed by atoms with van der Waals surface area (Å²) in [5, 5.41) is 3.63. The van der Waals surface area contributed by atoms with Crippen LogP contribution in [0.3, 0.4) is 0 Å². The van der Waals surface area contributed by atoms with Crippen molar-refractivity contribution < 1.29 is 13.2 Å². The van der Waals surface area contributed by atoms with Crippen molar-refractivity contribution in [2.24, 2.45) is 0 Å². The summed E-state index contributed by atoms with van der Waals surface area (Å²) in [7, 11) is -3.69. The van der Waals surface area contributed by atoms with E-state index in [1.807, 2.05) is 36.6 Å². The van der Waals surface area contributed by atoms with Crippen LogP contribution in [0.1, 0.15) is 24.3 Å². The van der Waals surface area contributed by atoms with Gasteiger partial charge in [0.1, 0.15) is 5.69 Å². The predicted molar refractivity (Wildman–Crippen MR) is 125 cm³/mol. The highest BCUT2D eigenvalue weighted by Gasteiger charge is 2.24. The van der Waals surface area contributed by atoms with Crippen molar-refractivity contribution >= 4 is 45.0 Å². The minimum Gasteiger partial charge on any atom is -0.319 e. The summed E-state index contributed by atoms with van der Waals surface area (Å²) in [4.78, 5) is 17.5. The van der Waals surface area contributed by atoms with Gasteiger partial charge in [0, 0.05) is 18.8 Å². The number of thioether (sulfide) groups is 1. The van der Waals surface area contributed by atoms with Gasteiger partial charge in [0.2, 0.25) is 10.0 Å². The van der Waals surface area contributed by atoms with E-state index in [2.05, 4.69) is 10.3 Å². The molecule has 0 fully saturated rings. The number of para-hydroxylation sites is 1. The number of imidazole rings is 1. The molecule has 0 radical (unpaired) electrons. The Bertz CT molecular complexity index is 1180. The summed E-state index contributed by atoms with van der Waals surface area (Å²) in [6, 6.07) is 13.7. The zero-order valence-corrected chi connectivity index (χ0v) is 19.8. The van der Waals surface area contributed by atoms with Gasteiger partial charge >= 0.3 is 0 Å². The van der Waals surface area contributed by atoms with Crippen LogP contribution in [0, 0.1) is 0 Å². The second kappa shape index (κ2) is 9.86. The van der Waals surface area contributed by atoms with Gasteiger partial charge in [-0.15, -0.1) is 0 Å². The molecule has 1 heterocycles. The molecule has 1 aromatic heterocycles. The number of hydrogen-bond acceptors (Lipinski definition) is 5. The monoisotopic (exact) mass is 478 g/mol. The smallest absolute Gasteiger partial charge is 0.274 e. The molecule has 164 valence electrons. The number of rotatable bonds is 8. The third kappa shape index (κ3) is 4.79. The van der Waals surface area contributed by atoms with E-state index in [0.29, 0.717) is 23.9 Å². The van der Waals surface area contributed by atoms with Crippen LogP contribution in [0.4, 0.5) is 5.69 Å². The summed E-state index contributed by atoms with van der Waals surface area (Å²) < 4.78 is 28.8. The molecule has 31 heavy (non-hydrogen) atoms. The summed E-state index contributed by atoms with van der Waals surface area (Å²) in [6.07, 6.45) is 3.36. The molecule has 0 bridgehead atoms. The molecule has 1 N–H and O–H groups in total. The lowest BCUT2D eigenvalue weighted by molar-refractivity contribution is 0.102. The lowest BCUT2D eigenvalue weighted by Gasteiger charge is -2.19. The Morgan fingerprint density at radius 2 is 1.84 bits per heavy atom. The lowest BCUT2D eigenvalue weighted by atomic mass is 10.3. The van der Waals surface area contributed by atoms with Crippen LogP contribution in [0.2, 0.25) is 5.02 Å². The first-order valence-corrected chi connectivity index (χ1v) is 12.7. The molecule has 0 spiro atoms. The zero-order chi connectivity index (χ0) is 22.6. The molecule has 2 aromatic carbocycles. The van der Waals surface area contributed by atoms with Crippen LogP contribution >= 0.6 is 23.4 Å². The molecule has 0 saturated heterocycles. The second-order valence-corrected chi connectivity index (χ2v) is 9.60. The normalized spacial score (nSPS) is 11.6. The van der Waals surface area contributed by atoms with E-state index in [-0.39, 0.29) is 15.6 Å². The van der Waals surface area contributed by atoms with Crippen molar-refractivity contribution in [1.82, 2.24) is 13.9 Å². The Morgan fingerprint density at radius 1 is 1.16 bits per heavy atom. The largest absolute Gasteiger partial charge is 0.319 e. The molecular weight excluding hydrogens is 456 g/mol. The number of sulfonamides is 1. The highest BCUT2D eigenvalue weighted by molar-refractivity contribution is 7.98. The molecule has 0 atom stereocenters. The van der Waals surface area contributed by atoms with Crippen LogP contribution in [-0.4, -0.2) is 47.5 Å². The van der Waals surface area contributed by atoms with Crippen molar-refractivity contribution in [3.8, 4) is 5.69 Å². The number of benzene rings is 2. The molecule has 10 heteroatoms. The number of hydrogen-bond donors (Lipinski definition) is 1. The van der Waals surface area contributed by atoms with Crippen molar-refractivity contribution in [3.05, 3.63) is 65.4 Å². The Hall–Kier alpha value is -2.33. The first-order chi connectivity index (χ1) is 14.8. The highest BCUT2D eigenvalue weighted by atomic mass is 35.5. The molecule has 3 rings (SSSR count). The van der Waals surface area contributed by atoms with E-state index in [0.717, 1.165) is 5.69 Å². The van der Waals surface area contributed by atoms with Crippen LogP contribution in [0.25, 0.3) is 5.69 Å². The highest BCUT2D eigenvalue weighted by Crippen LogP contribution is 2.28. The van der Waals surface area contributed by atoms with Gasteiger partial charge < -0.3 is 5.32 Å². The van der Waals surface area contributed by atoms with E-state index in [4.69, 9.17) is 11.6 Å². The van der Waals surface area contributed by atoms with Gasteiger partial charge in [-0.1, -0.05) is 55.4 Å². The number of nitrogens with zero attached hydrogens (tertiary/aromatic N) is 3. The maximum atomic E-state index is 13.1. The van der Waals surface area contributed by atoms with E-state index in [1.54, 1.807) is 18.4 Å². The van der Waals surface area contributed by atoms with Gasteiger partial charge in [-0.05, 0) is 36.6 Å². The molecule has 0 aliphatic carbocycles. The third-order valence-corrected chi connectivity index (χ3v) is 7.72. The van der Waals surface area contributed by atoms with E-state index in [1.165, 1.54) is 40.5 Å². The fraction of sp³-hybridized carbons (Fsp3) is 0.238. The summed E-state index contributed by atoms with van der Waals surface area (Å²) >= 11 is 7.68. The lowest BCUT2D eigenvalue weighted by Crippen LogP contribution is -2.30. The Labute approximate surface area is 191 Å². The molecule has 0 aliphatic rings. The average molecular weight is 479 g/mol. The fourth-order valence-corrected chi connectivity index (χ4v) is 5.32. The molecule has 0 unspecified atom stereocenters. The Balaban J connectivity index is 1.98. The Kier molecular flexibility index (Phi) is 7.42. The third-order valence-electron chi connectivity index (χ3n) is 4.69. The summed E-state index contributed by atoms with van der Waals surface area (Å²) in [6.45, 7) is 4.23. The number of aromatic nitrogens is 2. The predicted octanol–water partition coefficient (Wildman–Crippen LogP) is 4.53. The SMILES string of the molecule is CCN(CC)S(=O)(=O)c1ccc(Cl)c(NC(=O)c2cnc(SC)n2-c2ccccc2)c1. The van der Waals surface area contributed by atoms with Crippen LogP contribution in [-0.2, 0) is 10.0 Å². The summed E-state index contributed by atoms with van der Waals surface area (Å²) in [5.41, 5.74) is 1.31. The van der Waals surface area contributed by atoms with Gasteiger partial charge in [-0.2, -0.15) is 4.31 Å². The number of amides is 1. The van der Waals surface area contributed by atoms with Crippen molar-refractivity contribution in [2.45, 2.75) is 23.9 Å². The number of halogens is 1. The van der Waals surface area contributed by atoms with E-state index in [9.17, 15) is 13.2 Å². The number of anilines is 1. The van der Waals surface area contributed by atoms with Crippen LogP contribution in [0.5, 0.6) is 0 Å². The van der Waals surface area contributed by atoms with Crippen molar-refractivity contribution in [1.29, 1.82) is 0 Å². The zero-order valence-electron chi connectivity index (χ0n) is 17.4. The first kappa shape index (κ1) is 23.3. The summed E-state index contributed by atoms with van der Waals surface area (Å²) in [5.74, 6) is -0.448. The number of carbonyl (C=O) groups is 1. The van der Waals surface area contributed by atoms with Crippen molar-refractivity contribution in [2.75, 3.05) is 24.7 Å². The maximum Gasteiger partial charge on any atom is 0.274 e. The van der Waals surface area contributed by atoms with Gasteiger partial charge in [-0.25, -0.2) is 13.4 Å². The van der Waals surface area contributed by atoms with Gasteiger partial charge in [-0.3, -0.25) is 9.36 Å². The number of carbonyl (C=O) groups excluding carboxylic acids is 1. The Morgan fingerprint density at radius 3 is 2.45 bits per heavy atom. The molecule has 3 aromatic rings. The van der Waals surface area contributed by atoms with E-state index < -0.39 is 15.9 Å². The van der Waals surface area contributed by atoms with Gasteiger partial charge in [0.25, 0.3) is 5.91 Å². The minimum absolute atomic E-state index is 0.0669. The molecule has 7 nitrogen and oxygen atoms in total. The maximum absolute atomic E-state index is 13.1. The van der Waals surface area contributed by atoms with Gasteiger partial charge in [0.05, 0.1) is 21.8 Å². The molecular formula is C21H23ClN4O3S2. The second-order valence-electron chi connectivity index (χ2n) is 6.49. The van der Waals surface area contributed by atoms with Gasteiger partial charge in [0.15, 0.2) is 5.16 Å². The standard InChI is InChI=1S/C21H23ClN4O3S2/c1-4-25(5-2)31(28,29)16-11-12-17(22)18(13-16)24-20(27)19-14-23-21(30-3)26(19)15-9-7-6-8-10-15/h6-14H,4-5H2,1-3H3,(H,24,27).